The van der Waals surface area contributed by atoms with Gasteiger partial charge in [0.1, 0.15) is 11.6 Å². The summed E-state index contributed by atoms with van der Waals surface area (Å²) in [5.74, 6) is -0.314. The van der Waals surface area contributed by atoms with Crippen molar-refractivity contribution >= 4 is 0 Å². The van der Waals surface area contributed by atoms with Gasteiger partial charge < -0.3 is 10.5 Å². The van der Waals surface area contributed by atoms with Gasteiger partial charge in [-0.3, -0.25) is 0 Å². The molecule has 2 nitrogen and oxygen atoms in total. The molecule has 18 heavy (non-hydrogen) atoms. The van der Waals surface area contributed by atoms with Crippen LogP contribution in [0.15, 0.2) is 18.2 Å². The summed E-state index contributed by atoms with van der Waals surface area (Å²) in [5.41, 5.74) is 5.77. The van der Waals surface area contributed by atoms with Crippen molar-refractivity contribution in [2.45, 2.75) is 32.0 Å². The second kappa shape index (κ2) is 6.04. The molecule has 0 unspecified atom stereocenters. The lowest BCUT2D eigenvalue weighted by Gasteiger charge is -2.15. The van der Waals surface area contributed by atoms with Crippen molar-refractivity contribution in [3.63, 3.8) is 0 Å². The van der Waals surface area contributed by atoms with E-state index in [1.165, 1.54) is 18.2 Å². The van der Waals surface area contributed by atoms with E-state index in [1.54, 1.807) is 6.92 Å². The molecule has 1 aromatic carbocycles. The van der Waals surface area contributed by atoms with E-state index in [1.807, 2.05) is 0 Å². The van der Waals surface area contributed by atoms with Crippen LogP contribution in [0.25, 0.3) is 0 Å². The quantitative estimate of drug-likeness (QED) is 0.652. The molecular weight excluding hydrogens is 250 g/mol. The molecule has 0 aliphatic carbocycles. The first-order valence-corrected chi connectivity index (χ1v) is 5.55. The Morgan fingerprint density at radius 3 is 2.56 bits per heavy atom. The Morgan fingerprint density at radius 2 is 2.00 bits per heavy atom. The summed E-state index contributed by atoms with van der Waals surface area (Å²) < 4.78 is 54.4. The molecule has 0 saturated carbocycles. The molecular formula is C12H15F4NO. The fraction of sp³-hybridized carbons (Fsp3) is 0.500. The Hall–Kier alpha value is -1.30. The lowest BCUT2D eigenvalue weighted by atomic mass is 10.1. The highest BCUT2D eigenvalue weighted by Gasteiger charge is 2.26. The van der Waals surface area contributed by atoms with Crippen molar-refractivity contribution in [2.24, 2.45) is 5.73 Å². The van der Waals surface area contributed by atoms with Crippen molar-refractivity contribution in [3.05, 3.63) is 29.6 Å². The molecule has 1 rings (SSSR count). The third-order valence-corrected chi connectivity index (χ3v) is 2.33. The van der Waals surface area contributed by atoms with Gasteiger partial charge in [0.15, 0.2) is 0 Å². The molecule has 0 amide bonds. The van der Waals surface area contributed by atoms with Gasteiger partial charge in [0.2, 0.25) is 0 Å². The first kappa shape index (κ1) is 14.8. The maximum atomic E-state index is 13.5. The third kappa shape index (κ3) is 4.52. The van der Waals surface area contributed by atoms with Crippen LogP contribution in [-0.4, -0.2) is 12.8 Å². The van der Waals surface area contributed by atoms with Crippen molar-refractivity contribution in [1.29, 1.82) is 0 Å². The fourth-order valence-electron chi connectivity index (χ4n) is 1.54. The van der Waals surface area contributed by atoms with Gasteiger partial charge in [-0.2, -0.15) is 13.2 Å². The number of nitrogens with two attached hydrogens (primary N) is 1. The van der Waals surface area contributed by atoms with Gasteiger partial charge >= 0.3 is 6.18 Å². The van der Waals surface area contributed by atoms with E-state index in [0.717, 1.165) is 0 Å². The second-order valence-electron chi connectivity index (χ2n) is 4.01. The molecule has 0 spiro atoms. The maximum Gasteiger partial charge on any atom is 0.389 e. The van der Waals surface area contributed by atoms with Crippen LogP contribution in [0, 0.1) is 5.82 Å². The summed E-state index contributed by atoms with van der Waals surface area (Å²) in [6.07, 6.45) is -5.29. The van der Waals surface area contributed by atoms with Crippen LogP contribution in [0.1, 0.15) is 31.4 Å². The zero-order valence-corrected chi connectivity index (χ0v) is 9.93. The van der Waals surface area contributed by atoms with Crippen molar-refractivity contribution in [1.82, 2.24) is 0 Å². The minimum atomic E-state index is -4.20. The molecule has 0 radical (unpaired) electrons. The number of halogens is 4. The van der Waals surface area contributed by atoms with E-state index < -0.39 is 24.5 Å². The molecule has 0 aliphatic heterocycles. The molecule has 6 heteroatoms. The average molecular weight is 265 g/mol. The molecule has 0 aromatic heterocycles. The minimum absolute atomic E-state index is 0.122. The van der Waals surface area contributed by atoms with Crippen molar-refractivity contribution in [2.75, 3.05) is 6.61 Å². The number of rotatable bonds is 5. The van der Waals surface area contributed by atoms with Crippen LogP contribution in [0.3, 0.4) is 0 Å². The predicted octanol–water partition coefficient (Wildman–Crippen LogP) is 3.57. The number of ether oxygens (including phenoxy) is 1. The zero-order valence-electron chi connectivity index (χ0n) is 9.93. The van der Waals surface area contributed by atoms with Crippen molar-refractivity contribution < 1.29 is 22.3 Å². The van der Waals surface area contributed by atoms with Crippen molar-refractivity contribution in [3.8, 4) is 5.75 Å². The molecule has 2 N–H and O–H groups in total. The molecule has 1 atom stereocenters. The van der Waals surface area contributed by atoms with E-state index in [4.69, 9.17) is 10.5 Å². The van der Waals surface area contributed by atoms with E-state index in [2.05, 4.69) is 0 Å². The van der Waals surface area contributed by atoms with Gasteiger partial charge in [0.25, 0.3) is 0 Å². The minimum Gasteiger partial charge on any atom is -0.493 e. The molecule has 102 valence electrons. The SMILES string of the molecule is C[C@@H](N)c1c(F)cccc1OCCCC(F)(F)F. The monoisotopic (exact) mass is 265 g/mol. The maximum absolute atomic E-state index is 13.5. The molecule has 0 saturated heterocycles. The highest BCUT2D eigenvalue weighted by Crippen LogP contribution is 2.27. The van der Waals surface area contributed by atoms with E-state index >= 15 is 0 Å². The highest BCUT2D eigenvalue weighted by atomic mass is 19.4. The van der Waals surface area contributed by atoms with E-state index in [0.29, 0.717) is 0 Å². The third-order valence-electron chi connectivity index (χ3n) is 2.33. The smallest absolute Gasteiger partial charge is 0.389 e. The first-order valence-electron chi connectivity index (χ1n) is 5.55. The van der Waals surface area contributed by atoms with Crippen LogP contribution in [0.4, 0.5) is 17.6 Å². The summed E-state index contributed by atoms with van der Waals surface area (Å²) in [7, 11) is 0. The number of hydrogen-bond donors (Lipinski definition) is 1. The summed E-state index contributed by atoms with van der Waals surface area (Å²) in [6.45, 7) is 1.46. The normalized spacial score (nSPS) is 13.4. The van der Waals surface area contributed by atoms with Gasteiger partial charge in [-0.15, -0.1) is 0 Å². The average Bonchev–Trinajstić information content (AvgIpc) is 2.22. The molecule has 0 bridgehead atoms. The van der Waals surface area contributed by atoms with Crippen LogP contribution in [0.5, 0.6) is 5.75 Å². The van der Waals surface area contributed by atoms with Crippen LogP contribution >= 0.6 is 0 Å². The molecule has 0 aliphatic rings. The predicted molar refractivity (Wildman–Crippen MR) is 59.8 cm³/mol. The Bertz CT molecular complexity index is 390. The first-order chi connectivity index (χ1) is 8.31. The summed E-state index contributed by atoms with van der Waals surface area (Å²) >= 11 is 0. The Balaban J connectivity index is 2.60. The van der Waals surface area contributed by atoms with E-state index in [-0.39, 0.29) is 24.3 Å². The Kier molecular flexibility index (Phi) is 4.95. The van der Waals surface area contributed by atoms with Crippen LogP contribution in [-0.2, 0) is 0 Å². The van der Waals surface area contributed by atoms with Gasteiger partial charge in [0, 0.05) is 18.0 Å². The lowest BCUT2D eigenvalue weighted by Crippen LogP contribution is -2.13. The number of hydrogen-bond acceptors (Lipinski definition) is 2. The molecule has 0 heterocycles. The van der Waals surface area contributed by atoms with Gasteiger partial charge in [0.05, 0.1) is 6.61 Å². The number of benzene rings is 1. The largest absolute Gasteiger partial charge is 0.493 e. The second-order valence-corrected chi connectivity index (χ2v) is 4.01. The van der Waals surface area contributed by atoms with Gasteiger partial charge in [-0.1, -0.05) is 6.07 Å². The van der Waals surface area contributed by atoms with Gasteiger partial charge in [-0.25, -0.2) is 4.39 Å². The van der Waals surface area contributed by atoms with Crippen LogP contribution in [0.2, 0.25) is 0 Å². The topological polar surface area (TPSA) is 35.2 Å². The fourth-order valence-corrected chi connectivity index (χ4v) is 1.54. The summed E-state index contributed by atoms with van der Waals surface area (Å²) in [4.78, 5) is 0. The summed E-state index contributed by atoms with van der Waals surface area (Å²) in [6, 6.07) is 3.58. The standard InChI is InChI=1S/C12H15F4NO/c1-8(17)11-9(13)4-2-5-10(11)18-7-3-6-12(14,15)16/h2,4-5,8H,3,6-7,17H2,1H3/t8-/m1/s1. The van der Waals surface area contributed by atoms with Crippen LogP contribution < -0.4 is 10.5 Å². The molecule has 1 aromatic rings. The van der Waals surface area contributed by atoms with E-state index in [9.17, 15) is 17.6 Å². The Morgan fingerprint density at radius 1 is 1.33 bits per heavy atom. The lowest BCUT2D eigenvalue weighted by molar-refractivity contribution is -0.136. The molecule has 0 fully saturated rings. The zero-order chi connectivity index (χ0) is 13.8. The highest BCUT2D eigenvalue weighted by molar-refractivity contribution is 5.36. The summed E-state index contributed by atoms with van der Waals surface area (Å²) in [5, 5.41) is 0. The number of alkyl halides is 3. The Labute approximate surface area is 103 Å². The van der Waals surface area contributed by atoms with Gasteiger partial charge in [-0.05, 0) is 25.5 Å².